The Bertz CT molecular complexity index is 531. The lowest BCUT2D eigenvalue weighted by Gasteiger charge is -2.23. The number of carbonyl (C=O) groups is 2. The molecule has 0 aliphatic rings. The number of carboxylic acid groups (broad SMARTS) is 1. The molecule has 21 heavy (non-hydrogen) atoms. The fourth-order valence-electron chi connectivity index (χ4n) is 1.59. The van der Waals surface area contributed by atoms with E-state index in [9.17, 15) is 14.0 Å². The van der Waals surface area contributed by atoms with Gasteiger partial charge in [-0.1, -0.05) is 30.1 Å². The van der Waals surface area contributed by atoms with Gasteiger partial charge in [-0.3, -0.25) is 4.79 Å². The van der Waals surface area contributed by atoms with E-state index in [1.165, 1.54) is 24.0 Å². The molecule has 0 radical (unpaired) electrons. The molecule has 0 bridgehead atoms. The van der Waals surface area contributed by atoms with Crippen molar-refractivity contribution in [3.8, 4) is 0 Å². The van der Waals surface area contributed by atoms with E-state index in [1.54, 1.807) is 6.92 Å². The lowest BCUT2D eigenvalue weighted by Crippen LogP contribution is -2.39. The van der Waals surface area contributed by atoms with Crippen molar-refractivity contribution >= 4 is 40.9 Å². The quantitative estimate of drug-likeness (QED) is 0.805. The molecule has 2 N–H and O–H groups in total. The van der Waals surface area contributed by atoms with Crippen molar-refractivity contribution in [2.45, 2.75) is 13.8 Å². The number of carbonyl (C=O) groups excluding carboxylic acids is 1. The van der Waals surface area contributed by atoms with Gasteiger partial charge in [0.05, 0.1) is 16.0 Å². The SMILES string of the molecule is CCN(CC(C)C(=O)O)C(=O)Nc1cc(Cl)c(F)c(Cl)c1. The van der Waals surface area contributed by atoms with Crippen LogP contribution in [0, 0.1) is 11.7 Å². The number of rotatable bonds is 5. The predicted octanol–water partition coefficient (Wildman–Crippen LogP) is 3.71. The molecule has 116 valence electrons. The second-order valence-corrected chi connectivity index (χ2v) is 5.28. The Kier molecular flexibility index (Phi) is 6.23. The first-order chi connectivity index (χ1) is 9.76. The van der Waals surface area contributed by atoms with Crippen LogP contribution in [-0.4, -0.2) is 35.1 Å². The van der Waals surface area contributed by atoms with E-state index < -0.39 is 23.7 Å². The number of benzene rings is 1. The Morgan fingerprint density at radius 2 is 1.90 bits per heavy atom. The third-order valence-electron chi connectivity index (χ3n) is 2.82. The maximum atomic E-state index is 13.3. The summed E-state index contributed by atoms with van der Waals surface area (Å²) < 4.78 is 13.3. The summed E-state index contributed by atoms with van der Waals surface area (Å²) >= 11 is 11.3. The van der Waals surface area contributed by atoms with Gasteiger partial charge < -0.3 is 15.3 Å². The molecular formula is C13H15Cl2FN2O3. The second-order valence-electron chi connectivity index (χ2n) is 4.46. The molecule has 0 saturated heterocycles. The van der Waals surface area contributed by atoms with Gasteiger partial charge in [-0.25, -0.2) is 9.18 Å². The molecule has 0 saturated carbocycles. The van der Waals surface area contributed by atoms with Crippen LogP contribution in [0.25, 0.3) is 0 Å². The summed E-state index contributed by atoms with van der Waals surface area (Å²) in [4.78, 5) is 24.2. The topological polar surface area (TPSA) is 69.6 Å². The van der Waals surface area contributed by atoms with Crippen molar-refractivity contribution in [3.63, 3.8) is 0 Å². The first kappa shape index (κ1) is 17.5. The zero-order valence-corrected chi connectivity index (χ0v) is 13.0. The Labute approximate surface area is 131 Å². The van der Waals surface area contributed by atoms with E-state index >= 15 is 0 Å². The van der Waals surface area contributed by atoms with Crippen LogP contribution in [0.15, 0.2) is 12.1 Å². The minimum absolute atomic E-state index is 0.0559. The molecule has 1 atom stereocenters. The smallest absolute Gasteiger partial charge is 0.321 e. The van der Waals surface area contributed by atoms with E-state index in [-0.39, 0.29) is 22.3 Å². The number of carboxylic acids is 1. The molecule has 1 rings (SSSR count). The number of hydrogen-bond acceptors (Lipinski definition) is 2. The van der Waals surface area contributed by atoms with Crippen LogP contribution in [0.4, 0.5) is 14.9 Å². The molecule has 1 aromatic rings. The summed E-state index contributed by atoms with van der Waals surface area (Å²) in [6, 6.07) is 1.95. The minimum Gasteiger partial charge on any atom is -0.481 e. The second kappa shape index (κ2) is 7.47. The average Bonchev–Trinajstić information content (AvgIpc) is 2.41. The standard InChI is InChI=1S/C13H15Cl2FN2O3/c1-3-18(6-7(2)12(19)20)13(21)17-8-4-9(14)11(16)10(15)5-8/h4-5,7H,3,6H2,1-2H3,(H,17,21)(H,19,20). The largest absolute Gasteiger partial charge is 0.481 e. The fraction of sp³-hybridized carbons (Fsp3) is 0.385. The van der Waals surface area contributed by atoms with Crippen molar-refractivity contribution in [1.82, 2.24) is 4.90 Å². The Morgan fingerprint density at radius 1 is 1.38 bits per heavy atom. The summed E-state index contributed by atoms with van der Waals surface area (Å²) in [6.45, 7) is 3.61. The van der Waals surface area contributed by atoms with Gasteiger partial charge in [0.25, 0.3) is 0 Å². The fourth-order valence-corrected chi connectivity index (χ4v) is 2.08. The van der Waals surface area contributed by atoms with E-state index in [4.69, 9.17) is 28.3 Å². The lowest BCUT2D eigenvalue weighted by atomic mass is 10.2. The normalized spacial score (nSPS) is 11.9. The maximum absolute atomic E-state index is 13.3. The zero-order valence-electron chi connectivity index (χ0n) is 11.5. The number of halogens is 3. The van der Waals surface area contributed by atoms with Crippen molar-refractivity contribution in [1.29, 1.82) is 0 Å². The molecule has 0 heterocycles. The first-order valence-corrected chi connectivity index (χ1v) is 6.95. The van der Waals surface area contributed by atoms with Crippen LogP contribution in [0.1, 0.15) is 13.8 Å². The molecule has 0 aliphatic carbocycles. The van der Waals surface area contributed by atoms with Crippen molar-refractivity contribution < 1.29 is 19.1 Å². The van der Waals surface area contributed by atoms with Gasteiger partial charge in [-0.15, -0.1) is 0 Å². The van der Waals surface area contributed by atoms with Gasteiger partial charge >= 0.3 is 12.0 Å². The number of urea groups is 1. The van der Waals surface area contributed by atoms with Crippen LogP contribution in [0.2, 0.25) is 10.0 Å². The molecular weight excluding hydrogens is 322 g/mol. The van der Waals surface area contributed by atoms with Gasteiger partial charge in [0.1, 0.15) is 0 Å². The monoisotopic (exact) mass is 336 g/mol. The van der Waals surface area contributed by atoms with Crippen molar-refractivity contribution in [3.05, 3.63) is 28.0 Å². The van der Waals surface area contributed by atoms with Crippen molar-refractivity contribution in [2.24, 2.45) is 5.92 Å². The van der Waals surface area contributed by atoms with E-state index in [1.807, 2.05) is 0 Å². The maximum Gasteiger partial charge on any atom is 0.321 e. The van der Waals surface area contributed by atoms with Crippen LogP contribution in [0.5, 0.6) is 0 Å². The van der Waals surface area contributed by atoms with Crippen LogP contribution in [0.3, 0.4) is 0 Å². The molecule has 8 heteroatoms. The Morgan fingerprint density at radius 3 is 2.33 bits per heavy atom. The number of nitrogens with zero attached hydrogens (tertiary/aromatic N) is 1. The highest BCUT2D eigenvalue weighted by Crippen LogP contribution is 2.27. The summed E-state index contributed by atoms with van der Waals surface area (Å²) in [5.74, 6) is -2.45. The van der Waals surface area contributed by atoms with E-state index in [0.717, 1.165) is 0 Å². The predicted molar refractivity (Wildman–Crippen MR) is 79.5 cm³/mol. The number of aliphatic carboxylic acids is 1. The number of hydrogen-bond donors (Lipinski definition) is 2. The molecule has 0 fully saturated rings. The van der Waals surface area contributed by atoms with Gasteiger partial charge in [0, 0.05) is 18.8 Å². The highest BCUT2D eigenvalue weighted by molar-refractivity contribution is 6.35. The molecule has 2 amide bonds. The van der Waals surface area contributed by atoms with Crippen LogP contribution in [-0.2, 0) is 4.79 Å². The third kappa shape index (κ3) is 4.75. The highest BCUT2D eigenvalue weighted by Gasteiger charge is 2.20. The number of anilines is 1. The van der Waals surface area contributed by atoms with Gasteiger partial charge in [0.15, 0.2) is 5.82 Å². The Hall–Kier alpha value is -1.53. The average molecular weight is 337 g/mol. The molecule has 1 aromatic carbocycles. The van der Waals surface area contributed by atoms with Crippen molar-refractivity contribution in [2.75, 3.05) is 18.4 Å². The minimum atomic E-state index is -0.992. The zero-order chi connectivity index (χ0) is 16.2. The van der Waals surface area contributed by atoms with E-state index in [2.05, 4.69) is 5.32 Å². The summed E-state index contributed by atoms with van der Waals surface area (Å²) in [7, 11) is 0. The number of amides is 2. The molecule has 5 nitrogen and oxygen atoms in total. The summed E-state index contributed by atoms with van der Waals surface area (Å²) in [5, 5.41) is 11.0. The third-order valence-corrected chi connectivity index (χ3v) is 3.37. The van der Waals surface area contributed by atoms with E-state index in [0.29, 0.717) is 6.54 Å². The first-order valence-electron chi connectivity index (χ1n) is 6.19. The summed E-state index contributed by atoms with van der Waals surface area (Å²) in [5.41, 5.74) is 0.234. The molecule has 0 spiro atoms. The molecule has 0 aromatic heterocycles. The van der Waals surface area contributed by atoms with Crippen LogP contribution >= 0.6 is 23.2 Å². The Balaban J connectivity index is 2.81. The van der Waals surface area contributed by atoms with Gasteiger partial charge in [-0.2, -0.15) is 0 Å². The van der Waals surface area contributed by atoms with Gasteiger partial charge in [-0.05, 0) is 19.1 Å². The molecule has 0 aliphatic heterocycles. The lowest BCUT2D eigenvalue weighted by molar-refractivity contribution is -0.141. The van der Waals surface area contributed by atoms with Gasteiger partial charge in [0.2, 0.25) is 0 Å². The van der Waals surface area contributed by atoms with Crippen LogP contribution < -0.4 is 5.32 Å². The summed E-state index contributed by atoms with van der Waals surface area (Å²) in [6.07, 6.45) is 0. The molecule has 1 unspecified atom stereocenters. The highest BCUT2D eigenvalue weighted by atomic mass is 35.5. The number of nitrogens with one attached hydrogen (secondary N) is 1.